The van der Waals surface area contributed by atoms with Gasteiger partial charge in [-0.2, -0.15) is 4.98 Å². The lowest BCUT2D eigenvalue weighted by Crippen LogP contribution is -2.63. The molecule has 1 aromatic carbocycles. The monoisotopic (exact) mass is 853 g/mol. The number of anilines is 3. The molecule has 7 heterocycles. The summed E-state index contributed by atoms with van der Waals surface area (Å²) in [6.07, 6.45) is 15.3. The fourth-order valence-electron chi connectivity index (χ4n) is 12.0. The Morgan fingerprint density at radius 1 is 0.984 bits per heavy atom. The van der Waals surface area contributed by atoms with Crippen LogP contribution < -0.4 is 26.1 Å². The molecule has 10 rings (SSSR count). The highest BCUT2D eigenvalue weighted by Crippen LogP contribution is 2.58. The van der Waals surface area contributed by atoms with Crippen LogP contribution in [0.15, 0.2) is 29.2 Å². The zero-order valence-electron chi connectivity index (χ0n) is 36.2. The van der Waals surface area contributed by atoms with E-state index in [0.29, 0.717) is 29.4 Å². The zero-order chi connectivity index (χ0) is 42.0. The van der Waals surface area contributed by atoms with E-state index in [1.54, 1.807) is 23.2 Å². The van der Waals surface area contributed by atoms with Crippen LogP contribution in [0.1, 0.15) is 102 Å². The van der Waals surface area contributed by atoms with Gasteiger partial charge in [0.05, 0.1) is 28.2 Å². The lowest BCUT2D eigenvalue weighted by Gasteiger charge is -2.56. The molecule has 2 saturated carbocycles. The molecule has 4 saturated heterocycles. The van der Waals surface area contributed by atoms with Crippen molar-refractivity contribution in [2.75, 3.05) is 74.5 Å². The molecule has 2 N–H and O–H groups in total. The van der Waals surface area contributed by atoms with Crippen LogP contribution in [-0.4, -0.2) is 128 Å². The summed E-state index contributed by atoms with van der Waals surface area (Å²) >= 11 is 1.94. The van der Waals surface area contributed by atoms with E-state index in [4.69, 9.17) is 9.97 Å². The van der Waals surface area contributed by atoms with Crippen molar-refractivity contribution in [1.82, 2.24) is 37.9 Å². The van der Waals surface area contributed by atoms with E-state index in [2.05, 4.69) is 46.9 Å². The van der Waals surface area contributed by atoms with E-state index < -0.39 is 6.04 Å². The number of benzene rings is 1. The third-order valence-electron chi connectivity index (χ3n) is 15.5. The number of para-hydroxylation sites is 1. The van der Waals surface area contributed by atoms with E-state index in [-0.39, 0.29) is 41.8 Å². The maximum atomic E-state index is 13.7. The average Bonchev–Trinajstić information content (AvgIpc) is 3.84. The minimum atomic E-state index is -0.705. The Bertz CT molecular complexity index is 2230. The number of nitrogens with zero attached hydrogens (tertiary/aromatic N) is 9. The summed E-state index contributed by atoms with van der Waals surface area (Å²) < 4.78 is 8.36. The Hall–Kier alpha value is -3.99. The van der Waals surface area contributed by atoms with Crippen molar-refractivity contribution in [3.8, 4) is 0 Å². The number of carbonyl (C=O) groups is 3. The number of rotatable bonds is 12. The number of aromatic nitrogens is 4. The first kappa shape index (κ1) is 41.0. The van der Waals surface area contributed by atoms with Gasteiger partial charge in [-0.15, -0.1) is 0 Å². The van der Waals surface area contributed by atoms with Gasteiger partial charge in [-0.3, -0.25) is 28.5 Å². The number of hydrogen-bond acceptors (Lipinski definition) is 12. The normalized spacial score (nSPS) is 27.1. The van der Waals surface area contributed by atoms with E-state index in [9.17, 15) is 19.2 Å². The van der Waals surface area contributed by atoms with Gasteiger partial charge in [0.25, 0.3) is 0 Å². The molecule has 7 aliphatic rings. The highest BCUT2D eigenvalue weighted by atomic mass is 32.2. The number of imidazole rings is 1. The summed E-state index contributed by atoms with van der Waals surface area (Å²) in [5, 5.41) is 6.28. The third-order valence-corrected chi connectivity index (χ3v) is 16.6. The Morgan fingerprint density at radius 2 is 1.80 bits per heavy atom. The molecule has 4 atom stereocenters. The number of aryl methyl sites for hydroxylation is 1. The molecule has 328 valence electrons. The molecular weight excluding hydrogens is 791 g/mol. The van der Waals surface area contributed by atoms with Crippen molar-refractivity contribution in [3.05, 3.63) is 40.4 Å². The molecule has 15 nitrogen and oxygen atoms in total. The summed E-state index contributed by atoms with van der Waals surface area (Å²) in [6.45, 7) is 10.7. The molecule has 5 aliphatic heterocycles. The molecule has 61 heavy (non-hydrogen) atoms. The Balaban J connectivity index is 0.727. The van der Waals surface area contributed by atoms with Gasteiger partial charge in [0.1, 0.15) is 12.1 Å². The highest BCUT2D eigenvalue weighted by Gasteiger charge is 2.62. The second kappa shape index (κ2) is 16.3. The van der Waals surface area contributed by atoms with Gasteiger partial charge in [-0.25, -0.2) is 18.4 Å². The van der Waals surface area contributed by atoms with Gasteiger partial charge in [-0.05, 0) is 95.2 Å². The fraction of sp³-hybridized carbons (Fsp3) is 0.689. The van der Waals surface area contributed by atoms with E-state index in [1.807, 2.05) is 30.5 Å². The van der Waals surface area contributed by atoms with Crippen molar-refractivity contribution in [1.29, 1.82) is 0 Å². The number of aldehydes is 1. The molecular formula is C45H63N11O4S. The lowest BCUT2D eigenvalue weighted by molar-refractivity contribution is -0.121. The molecule has 16 heteroatoms. The zero-order valence-corrected chi connectivity index (χ0v) is 37.0. The summed E-state index contributed by atoms with van der Waals surface area (Å²) in [5.74, 6) is 2.17. The highest BCUT2D eigenvalue weighted by molar-refractivity contribution is 7.94. The van der Waals surface area contributed by atoms with Crippen LogP contribution in [0.4, 0.5) is 17.5 Å². The van der Waals surface area contributed by atoms with Crippen LogP contribution in [-0.2, 0) is 26.8 Å². The van der Waals surface area contributed by atoms with Gasteiger partial charge in [-0.1, -0.05) is 19.4 Å². The molecule has 2 aliphatic carbocycles. The summed E-state index contributed by atoms with van der Waals surface area (Å²) in [6, 6.07) is 6.35. The number of likely N-dealkylation sites (tertiary alicyclic amines) is 1. The van der Waals surface area contributed by atoms with Crippen molar-refractivity contribution < 1.29 is 14.4 Å². The molecule has 0 radical (unpaired) electrons. The van der Waals surface area contributed by atoms with Crippen LogP contribution in [0, 0.1) is 11.3 Å². The predicted molar refractivity (Wildman–Crippen MR) is 239 cm³/mol. The summed E-state index contributed by atoms with van der Waals surface area (Å²) in [5.41, 5.74) is 3.44. The minimum Gasteiger partial charge on any atom is -0.368 e. The molecule has 2 spiro atoms. The van der Waals surface area contributed by atoms with Crippen molar-refractivity contribution >= 4 is 58.7 Å². The maximum absolute atomic E-state index is 13.7. The van der Waals surface area contributed by atoms with Gasteiger partial charge in [0.15, 0.2) is 0 Å². The minimum absolute atomic E-state index is 0.146. The Labute approximate surface area is 363 Å². The first-order valence-corrected chi connectivity index (χ1v) is 23.8. The predicted octanol–water partition coefficient (Wildman–Crippen LogP) is 4.47. The van der Waals surface area contributed by atoms with Crippen LogP contribution >= 0.6 is 12.1 Å². The third kappa shape index (κ3) is 7.36. The number of fused-ring (bicyclic) bond motifs is 3. The van der Waals surface area contributed by atoms with Crippen molar-refractivity contribution in [2.24, 2.45) is 18.4 Å². The Morgan fingerprint density at radius 3 is 2.54 bits per heavy atom. The Kier molecular flexibility index (Phi) is 11.0. The van der Waals surface area contributed by atoms with Gasteiger partial charge in [0.2, 0.25) is 17.8 Å². The SMILES string of the molecule is CNC(=O)CCC(C=O)n1c(=O)n(C)c2c(N3CCCC(N4CCCC5(CN(SN6CCC(Nc7ncc8c(n7)N(C7CCCC7C)C(=O)C87CC7)CC6)C5)C4)C3)cccc21. The number of amides is 2. The molecule has 0 bridgehead atoms. The quantitative estimate of drug-likeness (QED) is 0.196. The van der Waals surface area contributed by atoms with E-state index >= 15 is 0 Å². The first-order valence-electron chi connectivity index (χ1n) is 23.1. The van der Waals surface area contributed by atoms with Crippen LogP contribution in [0.5, 0.6) is 0 Å². The van der Waals surface area contributed by atoms with Gasteiger partial charge < -0.3 is 20.3 Å². The number of hydrogen-bond donors (Lipinski definition) is 2. The second-order valence-electron chi connectivity index (χ2n) is 19.5. The van der Waals surface area contributed by atoms with Crippen LogP contribution in [0.2, 0.25) is 0 Å². The molecule has 2 aromatic heterocycles. The van der Waals surface area contributed by atoms with Gasteiger partial charge >= 0.3 is 5.69 Å². The average molecular weight is 854 g/mol. The van der Waals surface area contributed by atoms with Crippen molar-refractivity contribution in [2.45, 2.75) is 120 Å². The molecule has 3 aromatic rings. The molecule has 6 fully saturated rings. The van der Waals surface area contributed by atoms with Gasteiger partial charge in [0, 0.05) is 114 Å². The smallest absolute Gasteiger partial charge is 0.329 e. The number of carbonyl (C=O) groups excluding carboxylic acids is 3. The van der Waals surface area contributed by atoms with E-state index in [1.165, 1.54) is 32.1 Å². The summed E-state index contributed by atoms with van der Waals surface area (Å²) in [7, 11) is 3.38. The standard InChI is InChI=1S/C45H63N11O4S/c1-30-8-4-10-35(30)56-40-34(45(18-19-45)41(56)59)24-47-42(49-40)48-31-15-22-53(23-16-31)61-54-28-44(29-54)17-7-21-52(27-44)32-9-6-20-51(25-32)36-11-5-12-37-39(36)50(3)43(60)55(37)33(26-57)13-14-38(58)46-2/h5,11-12,24,26,30-33,35H,4,6-10,13-23,25,27-29H2,1-3H3,(H,46,58)(H,47,48,49). The first-order chi connectivity index (χ1) is 29.6. The number of piperidine rings is 3. The van der Waals surface area contributed by atoms with Crippen molar-refractivity contribution in [3.63, 3.8) is 0 Å². The topological polar surface area (TPSA) is 144 Å². The lowest BCUT2D eigenvalue weighted by atomic mass is 9.74. The number of nitrogens with one attached hydrogen (secondary N) is 2. The largest absolute Gasteiger partial charge is 0.368 e. The fourth-order valence-corrected chi connectivity index (χ4v) is 13.3. The van der Waals surface area contributed by atoms with Crippen LogP contribution in [0.25, 0.3) is 11.0 Å². The summed E-state index contributed by atoms with van der Waals surface area (Å²) in [4.78, 5) is 68.6. The van der Waals surface area contributed by atoms with E-state index in [0.717, 1.165) is 125 Å². The maximum Gasteiger partial charge on any atom is 0.329 e. The second-order valence-corrected chi connectivity index (χ2v) is 20.7. The molecule has 2 amide bonds. The van der Waals surface area contributed by atoms with Crippen LogP contribution in [0.3, 0.4) is 0 Å². The molecule has 4 unspecified atom stereocenters.